The van der Waals surface area contributed by atoms with E-state index < -0.39 is 35.6 Å². The van der Waals surface area contributed by atoms with Crippen LogP contribution in [0.25, 0.3) is 0 Å². The van der Waals surface area contributed by atoms with Crippen molar-refractivity contribution in [2.24, 2.45) is 5.92 Å². The first-order chi connectivity index (χ1) is 17.8. The van der Waals surface area contributed by atoms with Gasteiger partial charge < -0.3 is 10.0 Å². The molecule has 2 aromatic rings. The average molecular weight is 546 g/mol. The predicted molar refractivity (Wildman–Crippen MR) is 128 cm³/mol. The Bertz CT molecular complexity index is 1090. The van der Waals surface area contributed by atoms with E-state index >= 15 is 0 Å². The summed E-state index contributed by atoms with van der Waals surface area (Å²) >= 11 is 0. The van der Waals surface area contributed by atoms with E-state index in [1.54, 1.807) is 18.2 Å². The third-order valence-electron chi connectivity index (χ3n) is 6.93. The molecule has 0 heterocycles. The topological polar surface area (TPSA) is 40.5 Å². The Balaban J connectivity index is 0.000000223. The molecule has 38 heavy (non-hydrogen) atoms. The molecule has 2 aliphatic carbocycles. The van der Waals surface area contributed by atoms with E-state index in [0.717, 1.165) is 19.4 Å². The third kappa shape index (κ3) is 8.31. The normalized spacial score (nSPS) is 20.0. The maximum Gasteiger partial charge on any atom is 0.416 e. The maximum atomic E-state index is 13.1. The molecule has 0 bridgehead atoms. The second-order valence-corrected chi connectivity index (χ2v) is 9.84. The van der Waals surface area contributed by atoms with Crippen molar-refractivity contribution in [1.82, 2.24) is 4.90 Å². The van der Waals surface area contributed by atoms with Crippen molar-refractivity contribution in [3.63, 3.8) is 0 Å². The molecule has 10 heteroatoms. The van der Waals surface area contributed by atoms with Crippen molar-refractivity contribution in [2.45, 2.75) is 63.4 Å². The summed E-state index contributed by atoms with van der Waals surface area (Å²) in [6.07, 6.45) is -1.52. The quantitative estimate of drug-likeness (QED) is 0.396. The van der Waals surface area contributed by atoms with Crippen LogP contribution in [0.15, 0.2) is 54.2 Å². The Morgan fingerprint density at radius 3 is 2.03 bits per heavy atom. The molecule has 0 aromatic heterocycles. The van der Waals surface area contributed by atoms with E-state index in [0.29, 0.717) is 30.4 Å². The molecule has 2 unspecified atom stereocenters. The summed E-state index contributed by atoms with van der Waals surface area (Å²) in [5.41, 5.74) is -0.821. The highest BCUT2D eigenvalue weighted by molar-refractivity contribution is 5.92. The van der Waals surface area contributed by atoms with Gasteiger partial charge >= 0.3 is 12.4 Å². The average Bonchev–Trinajstić information content (AvgIpc) is 3.30. The van der Waals surface area contributed by atoms with Crippen molar-refractivity contribution in [3.05, 3.63) is 82.3 Å². The van der Waals surface area contributed by atoms with E-state index in [1.807, 2.05) is 12.1 Å². The first kappa shape index (κ1) is 29.7. The highest BCUT2D eigenvalue weighted by Crippen LogP contribution is 2.38. The zero-order valence-corrected chi connectivity index (χ0v) is 20.9. The van der Waals surface area contributed by atoms with Crippen molar-refractivity contribution in [1.29, 1.82) is 0 Å². The van der Waals surface area contributed by atoms with Crippen molar-refractivity contribution < 1.29 is 40.6 Å². The van der Waals surface area contributed by atoms with Crippen LogP contribution in [0.5, 0.6) is 0 Å². The van der Waals surface area contributed by atoms with Gasteiger partial charge in [0.1, 0.15) is 5.82 Å². The summed E-state index contributed by atoms with van der Waals surface area (Å²) in [7, 11) is 2.10. The highest BCUT2D eigenvalue weighted by atomic mass is 19.4. The van der Waals surface area contributed by atoms with Crippen LogP contribution in [0.1, 0.15) is 66.7 Å². The van der Waals surface area contributed by atoms with Gasteiger partial charge in [-0.3, -0.25) is 4.79 Å². The molecular weight excluding hydrogens is 515 g/mol. The maximum absolute atomic E-state index is 13.1. The number of hydrogen-bond donors (Lipinski definition) is 1. The molecule has 0 saturated heterocycles. The number of benzene rings is 2. The number of carbonyl (C=O) groups is 1. The number of ketones is 1. The molecule has 208 valence electrons. The minimum absolute atomic E-state index is 0.0131. The van der Waals surface area contributed by atoms with Gasteiger partial charge in [0, 0.05) is 31.8 Å². The minimum atomic E-state index is -4.87. The van der Waals surface area contributed by atoms with E-state index in [2.05, 4.69) is 11.9 Å². The largest absolute Gasteiger partial charge is 0.416 e. The molecule has 2 aromatic carbocycles. The van der Waals surface area contributed by atoms with Crippen molar-refractivity contribution in [3.8, 4) is 0 Å². The fourth-order valence-electron chi connectivity index (χ4n) is 4.99. The standard InChI is InChI=1S/C19H24FNO.C9H6F6O/c1-21(18-9-10-19(22)12-18)13-14-3-2-4-16(11-14)15-5-7-17(20)8-6-15;10-8(11,12)6-1-5(4-16)2-7(3-6)9(13,14)15/h5-8,12,14,16H,2-4,9-11,13H2,1H3;1-3,16H,4H2. The van der Waals surface area contributed by atoms with Gasteiger partial charge in [-0.25, -0.2) is 4.39 Å². The number of alkyl halides is 6. The van der Waals surface area contributed by atoms with Gasteiger partial charge in [0.15, 0.2) is 5.78 Å². The second kappa shape index (κ2) is 12.3. The number of hydrogen-bond acceptors (Lipinski definition) is 3. The number of aliphatic hydroxyl groups is 1. The fourth-order valence-corrected chi connectivity index (χ4v) is 4.99. The smallest absolute Gasteiger partial charge is 0.392 e. The van der Waals surface area contributed by atoms with Crippen LogP contribution >= 0.6 is 0 Å². The van der Waals surface area contributed by atoms with E-state index in [1.165, 1.54) is 30.5 Å². The summed E-state index contributed by atoms with van der Waals surface area (Å²) < 4.78 is 86.4. The molecule has 4 rings (SSSR count). The van der Waals surface area contributed by atoms with Gasteiger partial charge in [-0.1, -0.05) is 18.6 Å². The number of carbonyl (C=O) groups excluding carboxylic acids is 1. The van der Waals surface area contributed by atoms with Gasteiger partial charge in [0.05, 0.1) is 17.7 Å². The lowest BCUT2D eigenvalue weighted by atomic mass is 9.78. The van der Waals surface area contributed by atoms with Crippen LogP contribution in [0.4, 0.5) is 30.7 Å². The second-order valence-electron chi connectivity index (χ2n) is 9.84. The first-order valence-electron chi connectivity index (χ1n) is 12.4. The summed E-state index contributed by atoms with van der Waals surface area (Å²) in [4.78, 5) is 13.6. The number of rotatable bonds is 5. The fraction of sp³-hybridized carbons (Fsp3) is 0.464. The Kier molecular flexibility index (Phi) is 9.62. The molecule has 2 aliphatic rings. The summed E-state index contributed by atoms with van der Waals surface area (Å²) in [5.74, 6) is 1.31. The van der Waals surface area contributed by atoms with Crippen LogP contribution in [-0.4, -0.2) is 29.4 Å². The van der Waals surface area contributed by atoms with Crippen molar-refractivity contribution in [2.75, 3.05) is 13.6 Å². The molecule has 0 spiro atoms. The Morgan fingerprint density at radius 1 is 0.921 bits per heavy atom. The number of nitrogens with zero attached hydrogens (tertiary/aromatic N) is 1. The molecule has 2 atom stereocenters. The SMILES string of the molecule is CN(CC1CCCC(c2ccc(F)cc2)C1)C1=CC(=O)CC1.OCc1cc(C(F)(F)F)cc(C(F)(F)F)c1. The Morgan fingerprint density at radius 2 is 1.53 bits per heavy atom. The highest BCUT2D eigenvalue weighted by Gasteiger charge is 2.36. The predicted octanol–water partition coefficient (Wildman–Crippen LogP) is 7.49. The van der Waals surface area contributed by atoms with Crippen LogP contribution < -0.4 is 0 Å². The monoisotopic (exact) mass is 545 g/mol. The summed E-state index contributed by atoms with van der Waals surface area (Å²) in [5, 5.41) is 8.58. The lowest BCUT2D eigenvalue weighted by Gasteiger charge is -2.33. The van der Waals surface area contributed by atoms with E-state index in [9.17, 15) is 35.5 Å². The molecule has 1 saturated carbocycles. The number of allylic oxidation sites excluding steroid dienone is 2. The molecule has 0 aliphatic heterocycles. The van der Waals surface area contributed by atoms with E-state index in [4.69, 9.17) is 5.11 Å². The van der Waals surface area contributed by atoms with Crippen LogP contribution in [-0.2, 0) is 23.8 Å². The summed E-state index contributed by atoms with van der Waals surface area (Å²) in [6.45, 7) is 0.143. The van der Waals surface area contributed by atoms with Crippen molar-refractivity contribution >= 4 is 5.78 Å². The summed E-state index contributed by atoms with van der Waals surface area (Å²) in [6, 6.07) is 7.98. The van der Waals surface area contributed by atoms with Crippen LogP contribution in [0.2, 0.25) is 0 Å². The molecule has 3 nitrogen and oxygen atoms in total. The van der Waals surface area contributed by atoms with E-state index in [-0.39, 0.29) is 17.7 Å². The van der Waals surface area contributed by atoms with Gasteiger partial charge in [0.25, 0.3) is 0 Å². The molecule has 1 fully saturated rings. The molecule has 0 amide bonds. The van der Waals surface area contributed by atoms with Gasteiger partial charge in [-0.15, -0.1) is 0 Å². The van der Waals surface area contributed by atoms with Gasteiger partial charge in [-0.05, 0) is 79.0 Å². The van der Waals surface area contributed by atoms with Gasteiger partial charge in [-0.2, -0.15) is 26.3 Å². The van der Waals surface area contributed by atoms with Crippen LogP contribution in [0.3, 0.4) is 0 Å². The number of aliphatic hydroxyl groups excluding tert-OH is 1. The Labute approximate surface area is 217 Å². The van der Waals surface area contributed by atoms with Crippen LogP contribution in [0, 0.1) is 11.7 Å². The zero-order valence-electron chi connectivity index (χ0n) is 20.9. The number of halogens is 7. The molecule has 0 radical (unpaired) electrons. The first-order valence-corrected chi connectivity index (χ1v) is 12.4. The lowest BCUT2D eigenvalue weighted by Crippen LogP contribution is -2.28. The minimum Gasteiger partial charge on any atom is -0.392 e. The third-order valence-corrected chi connectivity index (χ3v) is 6.93. The molecule has 1 N–H and O–H groups in total. The Hall–Kier alpha value is -2.88. The zero-order chi connectivity index (χ0) is 28.1. The molecular formula is C28H30F7NO2. The lowest BCUT2D eigenvalue weighted by molar-refractivity contribution is -0.143. The van der Waals surface area contributed by atoms with Gasteiger partial charge in [0.2, 0.25) is 0 Å².